The molecule has 1 saturated heterocycles. The molecule has 0 aliphatic carbocycles. The molecular weight excluding hydrogens is 342 g/mol. The summed E-state index contributed by atoms with van der Waals surface area (Å²) >= 11 is 0. The van der Waals surface area contributed by atoms with Crippen LogP contribution in [0.2, 0.25) is 0 Å². The van der Waals surface area contributed by atoms with Gasteiger partial charge in [0, 0.05) is 25.3 Å². The Bertz CT molecular complexity index is 647. The lowest BCUT2D eigenvalue weighted by Gasteiger charge is -2.27. The predicted molar refractivity (Wildman–Crippen MR) is 99.8 cm³/mol. The fourth-order valence-electron chi connectivity index (χ4n) is 2.51. The number of nitrogens with zero attached hydrogens (tertiary/aromatic N) is 2. The summed E-state index contributed by atoms with van der Waals surface area (Å²) in [6.07, 6.45) is 0.922. The summed E-state index contributed by atoms with van der Waals surface area (Å²) in [6, 6.07) is 4.91. The second-order valence-corrected chi connectivity index (χ2v) is 7.76. The number of hydrogen-bond acceptors (Lipinski definition) is 7. The van der Waals surface area contributed by atoms with Crippen molar-refractivity contribution in [2.45, 2.75) is 18.2 Å². The van der Waals surface area contributed by atoms with Gasteiger partial charge in [-0.15, -0.1) is 4.83 Å². The second kappa shape index (κ2) is 9.35. The smallest absolute Gasteiger partial charge is 0.255 e. The molecular formula is C16H29N5O3S. The van der Waals surface area contributed by atoms with Crippen molar-refractivity contribution in [1.82, 2.24) is 14.7 Å². The Morgan fingerprint density at radius 3 is 2.72 bits per heavy atom. The highest BCUT2D eigenvalue weighted by Gasteiger charge is 2.23. The van der Waals surface area contributed by atoms with Gasteiger partial charge in [-0.3, -0.25) is 0 Å². The summed E-state index contributed by atoms with van der Waals surface area (Å²) in [4.78, 5) is 5.00. The Kier molecular flexibility index (Phi) is 7.45. The van der Waals surface area contributed by atoms with E-state index < -0.39 is 10.0 Å². The van der Waals surface area contributed by atoms with Gasteiger partial charge >= 0.3 is 0 Å². The fourth-order valence-corrected chi connectivity index (χ4v) is 3.85. The molecule has 0 amide bonds. The minimum Gasteiger partial charge on any atom is -0.399 e. The lowest BCUT2D eigenvalue weighted by Crippen LogP contribution is -2.48. The van der Waals surface area contributed by atoms with Crippen molar-refractivity contribution in [2.75, 3.05) is 64.0 Å². The third-order valence-electron chi connectivity index (χ3n) is 4.13. The molecule has 0 atom stereocenters. The lowest BCUT2D eigenvalue weighted by molar-refractivity contribution is 0.0272. The van der Waals surface area contributed by atoms with E-state index in [1.807, 2.05) is 0 Å². The zero-order chi connectivity index (χ0) is 18.3. The molecule has 0 saturated carbocycles. The maximum atomic E-state index is 12.8. The molecule has 142 valence electrons. The zero-order valence-corrected chi connectivity index (χ0v) is 15.8. The summed E-state index contributed by atoms with van der Waals surface area (Å²) in [7, 11) is -1.64. The van der Waals surface area contributed by atoms with E-state index in [0.717, 1.165) is 19.5 Å². The Hall–Kier alpha value is -1.39. The maximum Gasteiger partial charge on any atom is 0.255 e. The molecule has 2 rings (SSSR count). The van der Waals surface area contributed by atoms with Gasteiger partial charge in [0.1, 0.15) is 4.90 Å². The number of anilines is 2. The first kappa shape index (κ1) is 19.9. The van der Waals surface area contributed by atoms with Gasteiger partial charge in [0.15, 0.2) is 0 Å². The number of sulfonamides is 1. The standard InChI is InChI=1S/C16H29N5O3S/c1-3-20(2)8-4-7-18-15-6-5-14(17)13-16(15)25(22,23)19-21-9-11-24-12-10-21/h5-6,13,18-19H,3-4,7-12,17H2,1-2H3. The first-order chi connectivity index (χ1) is 11.9. The quantitative estimate of drug-likeness (QED) is 0.430. The van der Waals surface area contributed by atoms with Gasteiger partial charge in [-0.25, -0.2) is 13.4 Å². The van der Waals surface area contributed by atoms with E-state index in [9.17, 15) is 8.42 Å². The van der Waals surface area contributed by atoms with E-state index in [4.69, 9.17) is 10.5 Å². The highest BCUT2D eigenvalue weighted by atomic mass is 32.2. The number of nitrogen functional groups attached to an aromatic ring is 1. The molecule has 0 aromatic heterocycles. The molecule has 0 unspecified atom stereocenters. The van der Waals surface area contributed by atoms with Crippen LogP contribution < -0.4 is 15.9 Å². The van der Waals surface area contributed by atoms with Crippen LogP contribution in [0.1, 0.15) is 13.3 Å². The summed E-state index contributed by atoms with van der Waals surface area (Å²) < 4.78 is 30.8. The van der Waals surface area contributed by atoms with Crippen LogP contribution in [0.5, 0.6) is 0 Å². The van der Waals surface area contributed by atoms with Gasteiger partial charge in [0.25, 0.3) is 10.0 Å². The van der Waals surface area contributed by atoms with Crippen molar-refractivity contribution < 1.29 is 13.2 Å². The molecule has 1 heterocycles. The van der Waals surface area contributed by atoms with Crippen LogP contribution in [-0.4, -0.2) is 71.3 Å². The maximum absolute atomic E-state index is 12.8. The van der Waals surface area contributed by atoms with E-state index in [0.29, 0.717) is 44.2 Å². The van der Waals surface area contributed by atoms with Crippen molar-refractivity contribution in [2.24, 2.45) is 0 Å². The third-order valence-corrected chi connectivity index (χ3v) is 5.54. The summed E-state index contributed by atoms with van der Waals surface area (Å²) in [5.41, 5.74) is 6.79. The summed E-state index contributed by atoms with van der Waals surface area (Å²) in [6.45, 7) is 6.80. The van der Waals surface area contributed by atoms with Crippen molar-refractivity contribution in [3.05, 3.63) is 18.2 Å². The number of nitrogens with one attached hydrogen (secondary N) is 2. The SMILES string of the molecule is CCN(C)CCCNc1ccc(N)cc1S(=O)(=O)NN1CCOCC1. The monoisotopic (exact) mass is 371 g/mol. The average molecular weight is 372 g/mol. The second-order valence-electron chi connectivity index (χ2n) is 6.13. The van der Waals surface area contributed by atoms with E-state index in [2.05, 4.69) is 29.0 Å². The van der Waals surface area contributed by atoms with Gasteiger partial charge in [-0.1, -0.05) is 6.92 Å². The molecule has 1 aliphatic rings. The molecule has 25 heavy (non-hydrogen) atoms. The van der Waals surface area contributed by atoms with Gasteiger partial charge in [-0.05, 0) is 44.8 Å². The molecule has 4 N–H and O–H groups in total. The number of morpholine rings is 1. The van der Waals surface area contributed by atoms with Gasteiger partial charge in [-0.2, -0.15) is 0 Å². The Balaban J connectivity index is 2.05. The van der Waals surface area contributed by atoms with Crippen LogP contribution in [0.15, 0.2) is 23.1 Å². The molecule has 0 radical (unpaired) electrons. The first-order valence-electron chi connectivity index (χ1n) is 8.59. The van der Waals surface area contributed by atoms with Gasteiger partial charge < -0.3 is 20.7 Å². The number of ether oxygens (including phenoxy) is 1. The molecule has 1 aromatic carbocycles. The lowest BCUT2D eigenvalue weighted by atomic mass is 10.2. The van der Waals surface area contributed by atoms with Crippen LogP contribution in [0, 0.1) is 0 Å². The topological polar surface area (TPSA) is 99.9 Å². The Morgan fingerprint density at radius 1 is 1.32 bits per heavy atom. The number of nitrogens with two attached hydrogens (primary N) is 1. The van der Waals surface area contributed by atoms with Crippen LogP contribution in [0.3, 0.4) is 0 Å². The van der Waals surface area contributed by atoms with Crippen LogP contribution in [-0.2, 0) is 14.8 Å². The Labute approximate surface area is 150 Å². The van der Waals surface area contributed by atoms with Crippen LogP contribution in [0.25, 0.3) is 0 Å². The fraction of sp³-hybridized carbons (Fsp3) is 0.625. The zero-order valence-electron chi connectivity index (χ0n) is 15.0. The summed E-state index contributed by atoms with van der Waals surface area (Å²) in [5, 5.41) is 4.87. The molecule has 9 heteroatoms. The van der Waals surface area contributed by atoms with E-state index in [-0.39, 0.29) is 4.90 Å². The number of benzene rings is 1. The molecule has 1 aromatic rings. The molecule has 0 bridgehead atoms. The van der Waals surface area contributed by atoms with Crippen molar-refractivity contribution in [3.8, 4) is 0 Å². The molecule has 0 spiro atoms. The predicted octanol–water partition coefficient (Wildman–Crippen LogP) is 0.548. The normalized spacial score (nSPS) is 16.3. The molecule has 1 aliphatic heterocycles. The molecule has 8 nitrogen and oxygen atoms in total. The Morgan fingerprint density at radius 2 is 2.04 bits per heavy atom. The van der Waals surface area contributed by atoms with Crippen molar-refractivity contribution in [3.63, 3.8) is 0 Å². The largest absolute Gasteiger partial charge is 0.399 e. The first-order valence-corrected chi connectivity index (χ1v) is 10.1. The van der Waals surface area contributed by atoms with Crippen LogP contribution in [0.4, 0.5) is 11.4 Å². The van der Waals surface area contributed by atoms with E-state index in [1.165, 1.54) is 6.07 Å². The van der Waals surface area contributed by atoms with Gasteiger partial charge in [0.05, 0.1) is 18.9 Å². The summed E-state index contributed by atoms with van der Waals surface area (Å²) in [5.74, 6) is 0. The highest BCUT2D eigenvalue weighted by molar-refractivity contribution is 7.89. The number of rotatable bonds is 9. The van der Waals surface area contributed by atoms with E-state index in [1.54, 1.807) is 17.1 Å². The van der Waals surface area contributed by atoms with E-state index >= 15 is 0 Å². The van der Waals surface area contributed by atoms with Crippen molar-refractivity contribution >= 4 is 21.4 Å². The average Bonchev–Trinajstić information content (AvgIpc) is 2.60. The number of hydrazine groups is 1. The van der Waals surface area contributed by atoms with Crippen LogP contribution >= 0.6 is 0 Å². The molecule has 1 fully saturated rings. The van der Waals surface area contributed by atoms with Crippen molar-refractivity contribution in [1.29, 1.82) is 0 Å². The highest BCUT2D eigenvalue weighted by Crippen LogP contribution is 2.24. The minimum absolute atomic E-state index is 0.169. The van der Waals surface area contributed by atoms with Gasteiger partial charge in [0.2, 0.25) is 0 Å². The minimum atomic E-state index is -3.70. The third kappa shape index (κ3) is 6.12. The number of hydrogen-bond donors (Lipinski definition) is 3.